The number of aromatic amines is 2. The number of hydrogen-bond acceptors (Lipinski definition) is 5. The molecule has 0 saturated heterocycles. The van der Waals surface area contributed by atoms with Crippen LogP contribution in [-0.2, 0) is 0 Å². The molecule has 5 rings (SSSR count). The van der Waals surface area contributed by atoms with Crippen LogP contribution in [0, 0.1) is 20.8 Å². The van der Waals surface area contributed by atoms with Crippen LogP contribution in [0.2, 0.25) is 0 Å². The van der Waals surface area contributed by atoms with Gasteiger partial charge < -0.3 is 9.97 Å². The van der Waals surface area contributed by atoms with E-state index in [2.05, 4.69) is 26.2 Å². The third-order valence-electron chi connectivity index (χ3n) is 6.22. The number of nitrogens with one attached hydrogen (secondary N) is 2. The summed E-state index contributed by atoms with van der Waals surface area (Å²) in [6.45, 7) is 7.18. The van der Waals surface area contributed by atoms with Gasteiger partial charge in [-0.3, -0.25) is 14.2 Å². The number of hydrogen-bond donors (Lipinski definition) is 2. The van der Waals surface area contributed by atoms with Crippen LogP contribution >= 0.6 is 11.8 Å². The number of H-pyrrole nitrogens is 2. The normalized spacial score (nSPS) is 11.3. The summed E-state index contributed by atoms with van der Waals surface area (Å²) >= 11 is 1.33. The van der Waals surface area contributed by atoms with Gasteiger partial charge in [0.05, 0.1) is 17.1 Å². The predicted octanol–water partition coefficient (Wildman–Crippen LogP) is 5.85. The van der Waals surface area contributed by atoms with Gasteiger partial charge in [-0.25, -0.2) is 0 Å². The summed E-state index contributed by atoms with van der Waals surface area (Å²) in [6, 6.07) is 16.1. The zero-order valence-electron chi connectivity index (χ0n) is 20.0. The molecule has 0 unspecified atom stereocenters. The van der Waals surface area contributed by atoms with E-state index >= 15 is 0 Å². The number of Topliss-reactive ketones (excluding diaryl/α,β-unsaturated/α-hetero) is 2. The lowest BCUT2D eigenvalue weighted by atomic mass is 10.1. The van der Waals surface area contributed by atoms with Gasteiger partial charge in [-0.2, -0.15) is 0 Å². The lowest BCUT2D eigenvalue weighted by Gasteiger charge is -2.12. The molecule has 0 spiro atoms. The summed E-state index contributed by atoms with van der Waals surface area (Å²) in [5.41, 5.74) is 6.46. The largest absolute Gasteiger partial charge is 0.360 e. The number of aromatic nitrogens is 5. The van der Waals surface area contributed by atoms with Crippen molar-refractivity contribution >= 4 is 34.2 Å². The van der Waals surface area contributed by atoms with Gasteiger partial charge in [0.2, 0.25) is 0 Å². The van der Waals surface area contributed by atoms with Gasteiger partial charge in [-0.05, 0) is 51.0 Å². The fraction of sp³-hybridized carbons (Fsp3) is 0.185. The van der Waals surface area contributed by atoms with E-state index in [0.717, 1.165) is 27.7 Å². The number of carbonyl (C=O) groups is 2. The van der Waals surface area contributed by atoms with E-state index in [1.807, 2.05) is 74.0 Å². The second-order valence-corrected chi connectivity index (χ2v) is 9.51. The third-order valence-corrected chi connectivity index (χ3v) is 7.15. The Labute approximate surface area is 207 Å². The molecule has 0 amide bonds. The number of benzene rings is 2. The van der Waals surface area contributed by atoms with E-state index in [9.17, 15) is 9.59 Å². The molecule has 0 aliphatic carbocycles. The number of ketones is 2. The molecule has 0 aliphatic rings. The highest BCUT2D eigenvalue weighted by atomic mass is 32.2. The average molecular weight is 484 g/mol. The summed E-state index contributed by atoms with van der Waals surface area (Å²) in [5.74, 6) is 0.731. The quantitative estimate of drug-likeness (QED) is 0.224. The van der Waals surface area contributed by atoms with Gasteiger partial charge in [0.15, 0.2) is 22.5 Å². The standard InChI is InChI=1S/C27H25N5O2S/c1-15-9-5-8-12-22(15)32-26(20-13-28-21-11-7-6-10-19(20)21)30-31-27(32)35-14-23(34)25-16(2)24(18(4)33)17(3)29-25/h5-13,28-29H,14H2,1-4H3. The molecule has 0 bridgehead atoms. The first-order chi connectivity index (χ1) is 16.9. The maximum absolute atomic E-state index is 13.1. The smallest absolute Gasteiger partial charge is 0.196 e. The molecule has 7 nitrogen and oxygen atoms in total. The van der Waals surface area contributed by atoms with E-state index < -0.39 is 0 Å². The minimum atomic E-state index is -0.0870. The fourth-order valence-electron chi connectivity index (χ4n) is 4.59. The van der Waals surface area contributed by atoms with Crippen LogP contribution < -0.4 is 0 Å². The van der Waals surface area contributed by atoms with Gasteiger partial charge in [0.1, 0.15) is 0 Å². The number of carbonyl (C=O) groups excluding carboxylic acids is 2. The molecule has 0 saturated carbocycles. The molecule has 3 aromatic heterocycles. The Kier molecular flexibility index (Phi) is 5.90. The van der Waals surface area contributed by atoms with E-state index in [0.29, 0.717) is 33.5 Å². The number of para-hydroxylation sites is 2. The Bertz CT molecular complexity index is 1590. The highest BCUT2D eigenvalue weighted by Gasteiger charge is 2.23. The number of aryl methyl sites for hydroxylation is 2. The van der Waals surface area contributed by atoms with Crippen LogP contribution in [0.3, 0.4) is 0 Å². The summed E-state index contributed by atoms with van der Waals surface area (Å²) < 4.78 is 2.01. The second kappa shape index (κ2) is 9.03. The first-order valence-electron chi connectivity index (χ1n) is 11.3. The zero-order chi connectivity index (χ0) is 24.7. The summed E-state index contributed by atoms with van der Waals surface area (Å²) in [7, 11) is 0. The maximum Gasteiger partial charge on any atom is 0.196 e. The Balaban J connectivity index is 1.54. The molecule has 3 heterocycles. The van der Waals surface area contributed by atoms with E-state index in [-0.39, 0.29) is 17.3 Å². The molecule has 0 aliphatic heterocycles. The van der Waals surface area contributed by atoms with Crippen molar-refractivity contribution in [2.75, 3.05) is 5.75 Å². The number of nitrogens with zero attached hydrogens (tertiary/aromatic N) is 3. The molecular weight excluding hydrogens is 458 g/mol. The van der Waals surface area contributed by atoms with Crippen molar-refractivity contribution in [1.82, 2.24) is 24.7 Å². The molecule has 0 fully saturated rings. The van der Waals surface area contributed by atoms with Gasteiger partial charge in [-0.15, -0.1) is 10.2 Å². The Hall–Kier alpha value is -3.91. The van der Waals surface area contributed by atoms with Crippen molar-refractivity contribution in [2.24, 2.45) is 0 Å². The highest BCUT2D eigenvalue weighted by Crippen LogP contribution is 2.33. The van der Waals surface area contributed by atoms with Crippen molar-refractivity contribution < 1.29 is 9.59 Å². The monoisotopic (exact) mass is 483 g/mol. The SMILES string of the molecule is CC(=O)c1c(C)[nH]c(C(=O)CSc2nnc(-c3c[nH]c4ccccc34)n2-c2ccccc2C)c1C. The van der Waals surface area contributed by atoms with Crippen molar-refractivity contribution in [2.45, 2.75) is 32.9 Å². The van der Waals surface area contributed by atoms with Crippen LogP contribution in [0.5, 0.6) is 0 Å². The van der Waals surface area contributed by atoms with Crippen molar-refractivity contribution in [3.05, 3.63) is 82.8 Å². The summed E-state index contributed by atoms with van der Waals surface area (Å²) in [5, 5.41) is 10.7. The molecular formula is C27H25N5O2S. The molecule has 35 heavy (non-hydrogen) atoms. The third kappa shape index (κ3) is 4.00. The lowest BCUT2D eigenvalue weighted by molar-refractivity contribution is 0.101. The Morgan fingerprint density at radius 3 is 2.49 bits per heavy atom. The summed E-state index contributed by atoms with van der Waals surface area (Å²) in [6.07, 6.45) is 1.94. The predicted molar refractivity (Wildman–Crippen MR) is 139 cm³/mol. The molecule has 0 atom stereocenters. The van der Waals surface area contributed by atoms with Gasteiger partial charge in [-0.1, -0.05) is 48.2 Å². The first kappa shape index (κ1) is 22.9. The zero-order valence-corrected chi connectivity index (χ0v) is 20.8. The molecule has 8 heteroatoms. The van der Waals surface area contributed by atoms with Gasteiger partial charge >= 0.3 is 0 Å². The van der Waals surface area contributed by atoms with Crippen LogP contribution in [0.1, 0.15) is 44.6 Å². The van der Waals surface area contributed by atoms with Crippen molar-refractivity contribution in [1.29, 1.82) is 0 Å². The van der Waals surface area contributed by atoms with Crippen LogP contribution in [0.25, 0.3) is 28.0 Å². The van der Waals surface area contributed by atoms with Crippen LogP contribution in [0.4, 0.5) is 0 Å². The molecule has 2 aromatic carbocycles. The molecule has 2 N–H and O–H groups in total. The average Bonchev–Trinajstić information content (AvgIpc) is 3.52. The van der Waals surface area contributed by atoms with E-state index in [1.165, 1.54) is 18.7 Å². The number of fused-ring (bicyclic) bond motifs is 1. The molecule has 176 valence electrons. The number of thioether (sulfide) groups is 1. The second-order valence-electron chi connectivity index (χ2n) is 8.57. The first-order valence-corrected chi connectivity index (χ1v) is 12.3. The minimum Gasteiger partial charge on any atom is -0.360 e. The van der Waals surface area contributed by atoms with Gasteiger partial charge in [0, 0.05) is 33.9 Å². The topological polar surface area (TPSA) is 96.4 Å². The van der Waals surface area contributed by atoms with E-state index in [4.69, 9.17) is 0 Å². The fourth-order valence-corrected chi connectivity index (χ4v) is 5.40. The van der Waals surface area contributed by atoms with Crippen molar-refractivity contribution in [3.8, 4) is 17.1 Å². The Morgan fingerprint density at radius 1 is 1.00 bits per heavy atom. The Morgan fingerprint density at radius 2 is 1.74 bits per heavy atom. The van der Waals surface area contributed by atoms with Crippen LogP contribution in [0.15, 0.2) is 59.9 Å². The number of rotatable bonds is 7. The highest BCUT2D eigenvalue weighted by molar-refractivity contribution is 7.99. The van der Waals surface area contributed by atoms with E-state index in [1.54, 1.807) is 0 Å². The summed E-state index contributed by atoms with van der Waals surface area (Å²) in [4.78, 5) is 31.5. The minimum absolute atomic E-state index is 0.0504. The van der Waals surface area contributed by atoms with Crippen molar-refractivity contribution in [3.63, 3.8) is 0 Å². The van der Waals surface area contributed by atoms with Crippen LogP contribution in [-0.4, -0.2) is 42.1 Å². The molecule has 5 aromatic rings. The van der Waals surface area contributed by atoms with Gasteiger partial charge in [0.25, 0.3) is 0 Å². The molecule has 0 radical (unpaired) electrons. The maximum atomic E-state index is 13.1. The lowest BCUT2D eigenvalue weighted by Crippen LogP contribution is -2.07.